The van der Waals surface area contributed by atoms with E-state index < -0.39 is 0 Å². The maximum Gasteiger partial charge on any atom is 0.280 e. The molecular weight excluding hydrogens is 274 g/mol. The number of para-hydroxylation sites is 1. The second kappa shape index (κ2) is 4.70. The monoisotopic (exact) mass is 287 g/mol. The van der Waals surface area contributed by atoms with E-state index in [1.165, 1.54) is 0 Å². The zero-order valence-corrected chi connectivity index (χ0v) is 11.7. The smallest absolute Gasteiger partial charge is 0.280 e. The van der Waals surface area contributed by atoms with Crippen molar-refractivity contribution in [3.05, 3.63) is 77.1 Å². The summed E-state index contributed by atoms with van der Waals surface area (Å²) >= 11 is 0. The Bertz CT molecular complexity index is 1070. The van der Waals surface area contributed by atoms with E-state index in [9.17, 15) is 4.79 Å². The molecular formula is C18H13N3O. The Morgan fingerprint density at radius 2 is 1.59 bits per heavy atom. The van der Waals surface area contributed by atoms with Crippen LogP contribution in [0.15, 0.2) is 71.5 Å². The molecule has 1 aromatic heterocycles. The quantitative estimate of drug-likeness (QED) is 0.548. The number of fused-ring (bicyclic) bond motifs is 2. The van der Waals surface area contributed by atoms with E-state index in [0.29, 0.717) is 16.7 Å². The largest absolute Gasteiger partial charge is 0.334 e. The van der Waals surface area contributed by atoms with Crippen molar-refractivity contribution >= 4 is 21.7 Å². The van der Waals surface area contributed by atoms with E-state index in [4.69, 9.17) is 5.84 Å². The van der Waals surface area contributed by atoms with Crippen molar-refractivity contribution in [1.82, 2.24) is 9.66 Å². The van der Waals surface area contributed by atoms with Gasteiger partial charge >= 0.3 is 0 Å². The highest BCUT2D eigenvalue weighted by atomic mass is 16.1. The number of rotatable bonds is 1. The summed E-state index contributed by atoms with van der Waals surface area (Å²) in [5.41, 5.74) is 1.23. The standard InChI is InChI=1S/C18H13N3O/c19-21-17(20-16-8-4-3-7-15(16)18(21)22)14-10-9-12-5-1-2-6-13(12)11-14/h1-11H,19H2. The molecule has 0 unspecified atom stereocenters. The van der Waals surface area contributed by atoms with Crippen LogP contribution in [0, 0.1) is 0 Å². The molecule has 4 heteroatoms. The van der Waals surface area contributed by atoms with Gasteiger partial charge in [-0.05, 0) is 29.0 Å². The van der Waals surface area contributed by atoms with E-state index in [1.807, 2.05) is 54.6 Å². The third-order valence-corrected chi connectivity index (χ3v) is 3.82. The molecule has 0 radical (unpaired) electrons. The Morgan fingerprint density at radius 1 is 0.864 bits per heavy atom. The van der Waals surface area contributed by atoms with Crippen molar-refractivity contribution in [2.45, 2.75) is 0 Å². The van der Waals surface area contributed by atoms with Gasteiger partial charge in [-0.15, -0.1) is 0 Å². The summed E-state index contributed by atoms with van der Waals surface area (Å²) in [6, 6.07) is 21.2. The van der Waals surface area contributed by atoms with E-state index in [0.717, 1.165) is 21.0 Å². The molecule has 22 heavy (non-hydrogen) atoms. The van der Waals surface area contributed by atoms with E-state index in [1.54, 1.807) is 12.1 Å². The maximum absolute atomic E-state index is 12.4. The topological polar surface area (TPSA) is 60.9 Å². The van der Waals surface area contributed by atoms with E-state index >= 15 is 0 Å². The highest BCUT2D eigenvalue weighted by Crippen LogP contribution is 2.23. The van der Waals surface area contributed by atoms with Gasteiger partial charge in [-0.1, -0.05) is 48.5 Å². The molecule has 1 heterocycles. The minimum atomic E-state index is -0.242. The van der Waals surface area contributed by atoms with Crippen LogP contribution in [-0.4, -0.2) is 9.66 Å². The molecule has 0 aliphatic carbocycles. The van der Waals surface area contributed by atoms with Crippen LogP contribution in [0.3, 0.4) is 0 Å². The van der Waals surface area contributed by atoms with Crippen LogP contribution in [-0.2, 0) is 0 Å². The van der Waals surface area contributed by atoms with Crippen LogP contribution in [0.4, 0.5) is 0 Å². The van der Waals surface area contributed by atoms with Gasteiger partial charge in [-0.2, -0.15) is 0 Å². The van der Waals surface area contributed by atoms with Crippen molar-refractivity contribution in [3.63, 3.8) is 0 Å². The first-order valence-corrected chi connectivity index (χ1v) is 7.00. The number of aromatic nitrogens is 2. The molecule has 0 bridgehead atoms. The molecule has 4 nitrogen and oxygen atoms in total. The summed E-state index contributed by atoms with van der Waals surface area (Å²) in [7, 11) is 0. The first kappa shape index (κ1) is 12.6. The van der Waals surface area contributed by atoms with Crippen molar-refractivity contribution in [2.75, 3.05) is 5.84 Å². The van der Waals surface area contributed by atoms with Crippen molar-refractivity contribution in [3.8, 4) is 11.4 Å². The molecule has 0 aliphatic rings. The average Bonchev–Trinajstić information content (AvgIpc) is 2.58. The van der Waals surface area contributed by atoms with Crippen LogP contribution in [0.1, 0.15) is 0 Å². The SMILES string of the molecule is Nn1c(-c2ccc3ccccc3c2)nc2ccccc2c1=O. The molecule has 0 fully saturated rings. The number of hydrogen-bond donors (Lipinski definition) is 1. The van der Waals surface area contributed by atoms with Crippen LogP contribution in [0.5, 0.6) is 0 Å². The van der Waals surface area contributed by atoms with E-state index in [2.05, 4.69) is 4.98 Å². The third kappa shape index (κ3) is 1.85. The predicted octanol–water partition coefficient (Wildman–Crippen LogP) is 2.93. The minimum Gasteiger partial charge on any atom is -0.334 e. The Balaban J connectivity index is 2.03. The highest BCUT2D eigenvalue weighted by Gasteiger charge is 2.10. The molecule has 4 rings (SSSR count). The molecule has 0 saturated carbocycles. The molecule has 4 aromatic rings. The Kier molecular flexibility index (Phi) is 2.69. The van der Waals surface area contributed by atoms with Gasteiger partial charge < -0.3 is 5.84 Å². The zero-order chi connectivity index (χ0) is 15.1. The summed E-state index contributed by atoms with van der Waals surface area (Å²) in [5, 5.41) is 2.75. The zero-order valence-electron chi connectivity index (χ0n) is 11.7. The first-order valence-electron chi connectivity index (χ1n) is 7.00. The molecule has 2 N–H and O–H groups in total. The second-order valence-corrected chi connectivity index (χ2v) is 5.19. The van der Waals surface area contributed by atoms with Crippen LogP contribution in [0.2, 0.25) is 0 Å². The van der Waals surface area contributed by atoms with Gasteiger partial charge in [0, 0.05) is 5.56 Å². The lowest BCUT2D eigenvalue weighted by atomic mass is 10.1. The second-order valence-electron chi connectivity index (χ2n) is 5.19. The highest BCUT2D eigenvalue weighted by molar-refractivity contribution is 5.87. The number of benzene rings is 3. The maximum atomic E-state index is 12.4. The molecule has 0 atom stereocenters. The summed E-state index contributed by atoms with van der Waals surface area (Å²) in [6.45, 7) is 0. The lowest BCUT2D eigenvalue weighted by Gasteiger charge is -2.09. The molecule has 106 valence electrons. The van der Waals surface area contributed by atoms with Gasteiger partial charge in [0.2, 0.25) is 0 Å². The predicted molar refractivity (Wildman–Crippen MR) is 89.1 cm³/mol. The Labute approximate surface area is 126 Å². The normalized spacial score (nSPS) is 11.1. The van der Waals surface area contributed by atoms with Crippen molar-refractivity contribution in [2.24, 2.45) is 0 Å². The average molecular weight is 287 g/mol. The number of hydrogen-bond acceptors (Lipinski definition) is 3. The van der Waals surface area contributed by atoms with Gasteiger partial charge in [0.05, 0.1) is 10.9 Å². The van der Waals surface area contributed by atoms with Gasteiger partial charge in [0.15, 0.2) is 5.82 Å². The molecule has 0 amide bonds. The van der Waals surface area contributed by atoms with Gasteiger partial charge in [0.25, 0.3) is 5.56 Å². The van der Waals surface area contributed by atoms with Crippen molar-refractivity contribution < 1.29 is 0 Å². The van der Waals surface area contributed by atoms with Crippen LogP contribution >= 0.6 is 0 Å². The summed E-state index contributed by atoms with van der Waals surface area (Å²) in [5.74, 6) is 6.43. The van der Waals surface area contributed by atoms with Gasteiger partial charge in [0.1, 0.15) is 0 Å². The molecule has 0 aliphatic heterocycles. The molecule has 0 saturated heterocycles. The number of nitrogens with two attached hydrogens (primary N) is 1. The summed E-state index contributed by atoms with van der Waals surface area (Å²) < 4.78 is 1.12. The third-order valence-electron chi connectivity index (χ3n) is 3.82. The number of nitrogens with zero attached hydrogens (tertiary/aromatic N) is 2. The van der Waals surface area contributed by atoms with Gasteiger partial charge in [-0.25, -0.2) is 9.66 Å². The minimum absolute atomic E-state index is 0.242. The fourth-order valence-electron chi connectivity index (χ4n) is 2.68. The fraction of sp³-hybridized carbons (Fsp3) is 0. The van der Waals surface area contributed by atoms with Gasteiger partial charge in [-0.3, -0.25) is 4.79 Å². The summed E-state index contributed by atoms with van der Waals surface area (Å²) in [6.07, 6.45) is 0. The first-order chi connectivity index (χ1) is 10.7. The number of nitrogen functional groups attached to an aromatic ring is 1. The van der Waals surface area contributed by atoms with Crippen LogP contribution in [0.25, 0.3) is 33.1 Å². The fourth-order valence-corrected chi connectivity index (χ4v) is 2.68. The van der Waals surface area contributed by atoms with Crippen molar-refractivity contribution in [1.29, 1.82) is 0 Å². The Morgan fingerprint density at radius 3 is 2.45 bits per heavy atom. The molecule has 3 aromatic carbocycles. The summed E-state index contributed by atoms with van der Waals surface area (Å²) in [4.78, 5) is 16.9. The Hall–Kier alpha value is -3.14. The van der Waals surface area contributed by atoms with Crippen LogP contribution < -0.4 is 11.4 Å². The molecule has 0 spiro atoms. The lowest BCUT2D eigenvalue weighted by molar-refractivity contribution is 0.927. The van der Waals surface area contributed by atoms with E-state index in [-0.39, 0.29) is 5.56 Å². The lowest BCUT2D eigenvalue weighted by Crippen LogP contribution is -2.29.